The van der Waals surface area contributed by atoms with Crippen LogP contribution in [0.25, 0.3) is 10.6 Å². The number of hydrogen-bond acceptors (Lipinski definition) is 5. The van der Waals surface area contributed by atoms with Gasteiger partial charge in [0.05, 0.1) is 16.1 Å². The van der Waals surface area contributed by atoms with Crippen molar-refractivity contribution in [1.82, 2.24) is 15.3 Å². The Morgan fingerprint density at radius 3 is 2.88 bits per heavy atom. The summed E-state index contributed by atoms with van der Waals surface area (Å²) in [7, 11) is 0. The van der Waals surface area contributed by atoms with Crippen molar-refractivity contribution in [1.29, 1.82) is 0 Å². The van der Waals surface area contributed by atoms with Crippen LogP contribution in [-0.4, -0.2) is 23.1 Å². The molecule has 0 aromatic carbocycles. The van der Waals surface area contributed by atoms with Gasteiger partial charge in [0.25, 0.3) is 0 Å². The minimum atomic E-state index is 0.787. The average Bonchev–Trinajstić information content (AvgIpc) is 2.93. The van der Waals surface area contributed by atoms with Gasteiger partial charge in [0.1, 0.15) is 0 Å². The second kappa shape index (κ2) is 5.93. The lowest BCUT2D eigenvalue weighted by atomic mass is 10.4. The van der Waals surface area contributed by atoms with Gasteiger partial charge in [0.2, 0.25) is 0 Å². The molecule has 0 aliphatic carbocycles. The van der Waals surface area contributed by atoms with Crippen molar-refractivity contribution >= 4 is 11.3 Å². The van der Waals surface area contributed by atoms with E-state index in [0.29, 0.717) is 0 Å². The molecule has 4 nitrogen and oxygen atoms in total. The van der Waals surface area contributed by atoms with Gasteiger partial charge in [0, 0.05) is 19.2 Å². The molecule has 0 radical (unpaired) electrons. The Morgan fingerprint density at radius 1 is 1.29 bits per heavy atom. The van der Waals surface area contributed by atoms with Gasteiger partial charge in [0.15, 0.2) is 11.7 Å². The number of aromatic nitrogens is 2. The first-order valence-electron chi connectivity index (χ1n) is 5.88. The van der Waals surface area contributed by atoms with Crippen LogP contribution in [0.5, 0.6) is 0 Å². The zero-order valence-corrected chi connectivity index (χ0v) is 11.0. The second-order valence-electron chi connectivity index (χ2n) is 3.86. The molecule has 0 amide bonds. The molecule has 0 saturated heterocycles. The standard InChI is InChI=1S/C12H17N3OS/c1-3-5-13-6-4-12-15-7-10(16-12)11-8-14-9(2)17-11/h7-8,13H,3-6H2,1-2H3. The van der Waals surface area contributed by atoms with E-state index in [1.807, 2.05) is 13.1 Å². The molecule has 92 valence electrons. The minimum absolute atomic E-state index is 0.787. The van der Waals surface area contributed by atoms with E-state index in [2.05, 4.69) is 22.2 Å². The monoisotopic (exact) mass is 251 g/mol. The largest absolute Gasteiger partial charge is 0.440 e. The first-order chi connectivity index (χ1) is 8.29. The maximum Gasteiger partial charge on any atom is 0.196 e. The number of nitrogens with zero attached hydrogens (tertiary/aromatic N) is 2. The highest BCUT2D eigenvalue weighted by Crippen LogP contribution is 2.26. The summed E-state index contributed by atoms with van der Waals surface area (Å²) < 4.78 is 5.68. The summed E-state index contributed by atoms with van der Waals surface area (Å²) in [6.07, 6.45) is 5.59. The third kappa shape index (κ3) is 3.38. The van der Waals surface area contributed by atoms with Crippen molar-refractivity contribution < 1.29 is 4.42 Å². The van der Waals surface area contributed by atoms with E-state index < -0.39 is 0 Å². The molecule has 0 aliphatic rings. The van der Waals surface area contributed by atoms with Gasteiger partial charge in [-0.25, -0.2) is 9.97 Å². The maximum atomic E-state index is 5.68. The average molecular weight is 251 g/mol. The van der Waals surface area contributed by atoms with Gasteiger partial charge in [-0.2, -0.15) is 0 Å². The molecule has 2 heterocycles. The van der Waals surface area contributed by atoms with Crippen molar-refractivity contribution in [2.45, 2.75) is 26.7 Å². The van der Waals surface area contributed by atoms with Crippen LogP contribution in [0.4, 0.5) is 0 Å². The Labute approximate surface area is 105 Å². The Bertz CT molecular complexity index is 464. The zero-order valence-electron chi connectivity index (χ0n) is 10.2. The topological polar surface area (TPSA) is 51.0 Å². The number of hydrogen-bond donors (Lipinski definition) is 1. The molecule has 0 fully saturated rings. The summed E-state index contributed by atoms with van der Waals surface area (Å²) in [6.45, 7) is 6.10. The van der Waals surface area contributed by atoms with E-state index in [4.69, 9.17) is 4.42 Å². The first kappa shape index (κ1) is 12.3. The molecular formula is C12H17N3OS. The lowest BCUT2D eigenvalue weighted by molar-refractivity contribution is 0.495. The Hall–Kier alpha value is -1.20. The number of rotatable bonds is 6. The van der Waals surface area contributed by atoms with Gasteiger partial charge in [-0.05, 0) is 19.9 Å². The smallest absolute Gasteiger partial charge is 0.196 e. The number of oxazole rings is 1. The van der Waals surface area contributed by atoms with Crippen LogP contribution >= 0.6 is 11.3 Å². The van der Waals surface area contributed by atoms with Gasteiger partial charge < -0.3 is 9.73 Å². The molecule has 17 heavy (non-hydrogen) atoms. The summed E-state index contributed by atoms with van der Waals surface area (Å²) in [5, 5.41) is 4.37. The molecule has 0 atom stereocenters. The van der Waals surface area contributed by atoms with Crippen LogP contribution in [0.15, 0.2) is 16.8 Å². The summed E-state index contributed by atoms with van der Waals surface area (Å²) in [6, 6.07) is 0. The van der Waals surface area contributed by atoms with Crippen LogP contribution in [0.3, 0.4) is 0 Å². The SMILES string of the molecule is CCCNCCc1ncc(-c2cnc(C)s2)o1. The second-order valence-corrected chi connectivity index (χ2v) is 5.10. The highest BCUT2D eigenvalue weighted by Gasteiger charge is 2.08. The Morgan fingerprint density at radius 2 is 2.18 bits per heavy atom. The fraction of sp³-hybridized carbons (Fsp3) is 0.500. The molecular weight excluding hydrogens is 234 g/mol. The number of aryl methyl sites for hydroxylation is 1. The molecule has 2 rings (SSSR count). The van der Waals surface area contributed by atoms with E-state index in [1.165, 1.54) is 0 Å². The quantitative estimate of drug-likeness (QED) is 0.802. The fourth-order valence-electron chi connectivity index (χ4n) is 1.51. The Balaban J connectivity index is 1.92. The summed E-state index contributed by atoms with van der Waals surface area (Å²) in [4.78, 5) is 9.52. The summed E-state index contributed by atoms with van der Waals surface area (Å²) in [5.74, 6) is 1.61. The lowest BCUT2D eigenvalue weighted by Gasteiger charge is -1.98. The van der Waals surface area contributed by atoms with E-state index >= 15 is 0 Å². The fourth-order valence-corrected chi connectivity index (χ4v) is 2.24. The van der Waals surface area contributed by atoms with Gasteiger partial charge in [-0.1, -0.05) is 6.92 Å². The van der Waals surface area contributed by atoms with Crippen LogP contribution in [0.1, 0.15) is 24.2 Å². The van der Waals surface area contributed by atoms with Gasteiger partial charge >= 0.3 is 0 Å². The number of thiazole rings is 1. The summed E-state index contributed by atoms with van der Waals surface area (Å²) in [5.41, 5.74) is 0. The minimum Gasteiger partial charge on any atom is -0.440 e. The van der Waals surface area contributed by atoms with Crippen molar-refractivity contribution in [2.75, 3.05) is 13.1 Å². The predicted octanol–water partition coefficient (Wildman–Crippen LogP) is 2.65. The van der Waals surface area contributed by atoms with Crippen LogP contribution in [0, 0.1) is 6.92 Å². The van der Waals surface area contributed by atoms with Gasteiger partial charge in [-0.15, -0.1) is 11.3 Å². The molecule has 2 aromatic heterocycles. The molecule has 5 heteroatoms. The Kier molecular flexibility index (Phi) is 4.28. The molecule has 0 saturated carbocycles. The molecule has 0 aliphatic heterocycles. The molecule has 0 bridgehead atoms. The zero-order chi connectivity index (χ0) is 12.1. The molecule has 0 unspecified atom stereocenters. The van der Waals surface area contributed by atoms with E-state index in [-0.39, 0.29) is 0 Å². The van der Waals surface area contributed by atoms with E-state index in [9.17, 15) is 0 Å². The molecule has 2 aromatic rings. The van der Waals surface area contributed by atoms with Crippen LogP contribution < -0.4 is 5.32 Å². The first-order valence-corrected chi connectivity index (χ1v) is 6.69. The normalized spacial score (nSPS) is 10.9. The number of nitrogens with one attached hydrogen (secondary N) is 1. The third-order valence-electron chi connectivity index (χ3n) is 2.36. The van der Waals surface area contributed by atoms with E-state index in [1.54, 1.807) is 17.5 Å². The maximum absolute atomic E-state index is 5.68. The van der Waals surface area contributed by atoms with Crippen molar-refractivity contribution in [3.8, 4) is 10.6 Å². The van der Waals surface area contributed by atoms with Gasteiger partial charge in [-0.3, -0.25) is 0 Å². The predicted molar refractivity (Wildman–Crippen MR) is 69.2 cm³/mol. The highest BCUT2D eigenvalue weighted by molar-refractivity contribution is 7.14. The highest BCUT2D eigenvalue weighted by atomic mass is 32.1. The van der Waals surface area contributed by atoms with Crippen molar-refractivity contribution in [3.63, 3.8) is 0 Å². The van der Waals surface area contributed by atoms with E-state index in [0.717, 1.165) is 47.5 Å². The molecule has 0 spiro atoms. The van der Waals surface area contributed by atoms with Crippen LogP contribution in [-0.2, 0) is 6.42 Å². The molecule has 1 N–H and O–H groups in total. The van der Waals surface area contributed by atoms with Crippen LogP contribution in [0.2, 0.25) is 0 Å². The third-order valence-corrected chi connectivity index (χ3v) is 3.29. The lowest BCUT2D eigenvalue weighted by Crippen LogP contribution is -2.17. The summed E-state index contributed by atoms with van der Waals surface area (Å²) >= 11 is 1.63. The van der Waals surface area contributed by atoms with Crippen molar-refractivity contribution in [3.05, 3.63) is 23.3 Å². The van der Waals surface area contributed by atoms with Crippen molar-refractivity contribution in [2.24, 2.45) is 0 Å².